The summed E-state index contributed by atoms with van der Waals surface area (Å²) in [6, 6.07) is -0.154. The minimum absolute atomic E-state index is 0.0229. The second kappa shape index (κ2) is 10.8. The Balaban J connectivity index is 1.40. The van der Waals surface area contributed by atoms with Crippen LogP contribution < -0.4 is 10.7 Å². The third kappa shape index (κ3) is 5.55. The Morgan fingerprint density at radius 2 is 1.88 bits per heavy atom. The van der Waals surface area contributed by atoms with Crippen molar-refractivity contribution in [2.75, 3.05) is 59.6 Å². The van der Waals surface area contributed by atoms with Crippen molar-refractivity contribution in [2.24, 2.45) is 11.8 Å². The summed E-state index contributed by atoms with van der Waals surface area (Å²) in [6.45, 7) is 13.5. The maximum absolute atomic E-state index is 13.0. The topological polar surface area (TPSA) is 89.6 Å². The number of methoxy groups -OCH3 is 1. The average molecular weight is 467 g/mol. The van der Waals surface area contributed by atoms with Gasteiger partial charge in [0.2, 0.25) is 0 Å². The van der Waals surface area contributed by atoms with E-state index in [9.17, 15) is 9.59 Å². The molecule has 4 fully saturated rings. The highest BCUT2D eigenvalue weighted by Crippen LogP contribution is 2.40. The molecule has 3 aliphatic heterocycles. The van der Waals surface area contributed by atoms with Crippen LogP contribution in [0.4, 0.5) is 9.59 Å². The van der Waals surface area contributed by atoms with E-state index in [0.29, 0.717) is 18.4 Å². The van der Waals surface area contributed by atoms with Crippen molar-refractivity contribution in [1.29, 1.82) is 0 Å². The maximum atomic E-state index is 13.0. The lowest BCUT2D eigenvalue weighted by atomic mass is 9.73. The van der Waals surface area contributed by atoms with Gasteiger partial charge in [-0.05, 0) is 51.9 Å². The van der Waals surface area contributed by atoms with Crippen molar-refractivity contribution in [3.63, 3.8) is 0 Å². The minimum Gasteiger partial charge on any atom is -0.453 e. The zero-order valence-electron chi connectivity index (χ0n) is 20.7. The van der Waals surface area contributed by atoms with Gasteiger partial charge in [0.1, 0.15) is 0 Å². The molecule has 0 aromatic heterocycles. The number of fused-ring (bicyclic) bond motifs is 1. The van der Waals surface area contributed by atoms with Crippen molar-refractivity contribution >= 4 is 12.2 Å². The Bertz CT molecular complexity index is 688. The van der Waals surface area contributed by atoms with E-state index in [4.69, 9.17) is 9.47 Å². The monoisotopic (exact) mass is 466 g/mol. The molecule has 1 aliphatic carbocycles. The average Bonchev–Trinajstić information content (AvgIpc) is 3.48. The molecule has 1 saturated carbocycles. The van der Waals surface area contributed by atoms with Crippen molar-refractivity contribution in [3.8, 4) is 0 Å². The number of carbonyl (C=O) groups is 2. The Morgan fingerprint density at radius 3 is 2.58 bits per heavy atom. The van der Waals surface area contributed by atoms with Gasteiger partial charge in [0.05, 0.1) is 31.3 Å². The van der Waals surface area contributed by atoms with Gasteiger partial charge in [0.15, 0.2) is 0 Å². The van der Waals surface area contributed by atoms with Gasteiger partial charge in [-0.2, -0.15) is 0 Å². The molecule has 4 rings (SSSR count). The second-order valence-electron chi connectivity index (χ2n) is 10.4. The molecule has 4 unspecified atom stereocenters. The first-order valence-electron chi connectivity index (χ1n) is 12.6. The number of hydrazine groups is 1. The Labute approximate surface area is 197 Å². The van der Waals surface area contributed by atoms with Crippen LogP contribution in [-0.4, -0.2) is 116 Å². The third-order valence-corrected chi connectivity index (χ3v) is 7.80. The first kappa shape index (κ1) is 24.5. The molecule has 0 radical (unpaired) electrons. The van der Waals surface area contributed by atoms with Crippen LogP contribution in [0.2, 0.25) is 0 Å². The lowest BCUT2D eigenvalue weighted by Gasteiger charge is -2.53. The molecule has 3 heterocycles. The molecule has 2 amide bonds. The van der Waals surface area contributed by atoms with Crippen molar-refractivity contribution in [2.45, 2.75) is 64.3 Å². The zero-order valence-corrected chi connectivity index (χ0v) is 20.7. The molecular weight excluding hydrogens is 424 g/mol. The molecule has 10 nitrogen and oxygen atoms in total. The molecule has 10 heteroatoms. The molecule has 0 aromatic rings. The molecule has 188 valence electrons. The van der Waals surface area contributed by atoms with Gasteiger partial charge >= 0.3 is 12.2 Å². The molecule has 0 aromatic carbocycles. The Hall–Kier alpha value is -1.62. The van der Waals surface area contributed by atoms with Crippen LogP contribution in [0.3, 0.4) is 0 Å². The molecule has 33 heavy (non-hydrogen) atoms. The number of piperazine rings is 1. The summed E-state index contributed by atoms with van der Waals surface area (Å²) in [5.74, 6) is 1.07. The van der Waals surface area contributed by atoms with Crippen molar-refractivity contribution < 1.29 is 19.1 Å². The number of carbonyl (C=O) groups excluding carboxylic acids is 2. The third-order valence-electron chi connectivity index (χ3n) is 7.80. The highest BCUT2D eigenvalue weighted by molar-refractivity contribution is 5.72. The van der Waals surface area contributed by atoms with Gasteiger partial charge < -0.3 is 19.7 Å². The minimum atomic E-state index is -0.294. The van der Waals surface area contributed by atoms with Crippen molar-refractivity contribution in [1.82, 2.24) is 30.5 Å². The number of hydrogen-bond donors (Lipinski definition) is 2. The van der Waals surface area contributed by atoms with E-state index in [1.807, 2.05) is 30.6 Å². The van der Waals surface area contributed by atoms with E-state index in [2.05, 4.69) is 20.7 Å². The standard InChI is InChI=1S/C23H42N6O4/c1-16(2)33-22(30)28-13-17(3)29(23(31)32-4)20-6-5-18(11-21(20)28)19-12-25-27(14-19)10-9-26-8-7-24-15-26/h16-21,24-25H,5-15H2,1-4H3/t17-,18?,19?,20?,21?/m0/s1. The smallest absolute Gasteiger partial charge is 0.410 e. The van der Waals surface area contributed by atoms with E-state index >= 15 is 0 Å². The summed E-state index contributed by atoms with van der Waals surface area (Å²) in [7, 11) is 1.44. The second-order valence-corrected chi connectivity index (χ2v) is 10.4. The number of nitrogens with one attached hydrogen (secondary N) is 2. The molecule has 3 saturated heterocycles. The number of ether oxygens (including phenoxy) is 2. The van der Waals surface area contributed by atoms with E-state index < -0.39 is 0 Å². The van der Waals surface area contributed by atoms with Crippen LogP contribution in [0.1, 0.15) is 40.0 Å². The van der Waals surface area contributed by atoms with E-state index in [0.717, 1.165) is 65.2 Å². The summed E-state index contributed by atoms with van der Waals surface area (Å²) < 4.78 is 10.7. The fraction of sp³-hybridized carbons (Fsp3) is 0.913. The quantitative estimate of drug-likeness (QED) is 0.624. The van der Waals surface area contributed by atoms with E-state index in [1.165, 1.54) is 7.11 Å². The first-order chi connectivity index (χ1) is 15.9. The summed E-state index contributed by atoms with van der Waals surface area (Å²) >= 11 is 0. The SMILES string of the molecule is COC(=O)N1C2CCC(C3CNN(CCN4CCNC4)C3)CC2N(C(=O)OC(C)C)C[C@@H]1C. The van der Waals surface area contributed by atoms with E-state index in [1.54, 1.807) is 0 Å². The van der Waals surface area contributed by atoms with Crippen LogP contribution in [0, 0.1) is 11.8 Å². The van der Waals surface area contributed by atoms with Gasteiger partial charge in [-0.15, -0.1) is 0 Å². The number of amides is 2. The molecule has 4 aliphatic rings. The summed E-state index contributed by atoms with van der Waals surface area (Å²) in [4.78, 5) is 31.8. The number of hydrogen-bond acceptors (Lipinski definition) is 8. The first-order valence-corrected chi connectivity index (χ1v) is 12.6. The number of nitrogens with zero attached hydrogens (tertiary/aromatic N) is 4. The molecule has 2 N–H and O–H groups in total. The van der Waals surface area contributed by atoms with E-state index in [-0.39, 0.29) is 36.4 Å². The van der Waals surface area contributed by atoms with Gasteiger partial charge in [0.25, 0.3) is 0 Å². The lowest BCUT2D eigenvalue weighted by Crippen LogP contribution is -2.67. The van der Waals surface area contributed by atoms with Crippen LogP contribution >= 0.6 is 0 Å². The van der Waals surface area contributed by atoms with Crippen LogP contribution in [0.25, 0.3) is 0 Å². The predicted octanol–water partition coefficient (Wildman–Crippen LogP) is 1.14. The highest BCUT2D eigenvalue weighted by Gasteiger charge is 2.49. The number of rotatable bonds is 5. The Morgan fingerprint density at radius 1 is 1.06 bits per heavy atom. The fourth-order valence-electron chi connectivity index (χ4n) is 6.14. The molecular formula is C23H42N6O4. The normalized spacial score (nSPS) is 33.4. The molecule has 0 bridgehead atoms. The van der Waals surface area contributed by atoms with Crippen LogP contribution in [0.5, 0.6) is 0 Å². The largest absolute Gasteiger partial charge is 0.453 e. The predicted molar refractivity (Wildman–Crippen MR) is 124 cm³/mol. The summed E-state index contributed by atoms with van der Waals surface area (Å²) in [5.41, 5.74) is 3.60. The van der Waals surface area contributed by atoms with Gasteiger partial charge in [-0.1, -0.05) is 0 Å². The summed E-state index contributed by atoms with van der Waals surface area (Å²) in [5, 5.41) is 5.75. The van der Waals surface area contributed by atoms with Crippen LogP contribution in [-0.2, 0) is 9.47 Å². The molecule has 5 atom stereocenters. The highest BCUT2D eigenvalue weighted by atomic mass is 16.6. The summed E-state index contributed by atoms with van der Waals surface area (Å²) in [6.07, 6.45) is 2.12. The van der Waals surface area contributed by atoms with Crippen LogP contribution in [0.15, 0.2) is 0 Å². The van der Waals surface area contributed by atoms with Gasteiger partial charge in [0, 0.05) is 52.5 Å². The van der Waals surface area contributed by atoms with Gasteiger partial charge in [-0.3, -0.25) is 15.2 Å². The maximum Gasteiger partial charge on any atom is 0.410 e. The zero-order chi connectivity index (χ0) is 23.5. The Kier molecular flexibility index (Phi) is 7.99. The fourth-order valence-corrected chi connectivity index (χ4v) is 6.14. The molecule has 0 spiro atoms. The van der Waals surface area contributed by atoms with Gasteiger partial charge in [-0.25, -0.2) is 14.6 Å². The van der Waals surface area contributed by atoms with Crippen molar-refractivity contribution in [3.05, 3.63) is 0 Å². The lowest BCUT2D eigenvalue weighted by molar-refractivity contribution is -0.0444.